The molecule has 1 aliphatic carbocycles. The van der Waals surface area contributed by atoms with Crippen molar-refractivity contribution in [2.75, 3.05) is 32.4 Å². The van der Waals surface area contributed by atoms with Crippen molar-refractivity contribution < 1.29 is 18.0 Å². The van der Waals surface area contributed by atoms with E-state index in [1.807, 2.05) is 9.80 Å². The van der Waals surface area contributed by atoms with Crippen LogP contribution >= 0.6 is 0 Å². The molecule has 2 heterocycles. The lowest BCUT2D eigenvalue weighted by atomic mass is 9.96. The van der Waals surface area contributed by atoms with Crippen molar-refractivity contribution in [3.05, 3.63) is 0 Å². The van der Waals surface area contributed by atoms with Crippen LogP contribution in [0.3, 0.4) is 0 Å². The van der Waals surface area contributed by atoms with Gasteiger partial charge in [0, 0.05) is 38.6 Å². The average molecular weight is 372 g/mol. The molecule has 1 saturated carbocycles. The normalized spacial score (nSPS) is 28.8. The van der Waals surface area contributed by atoms with E-state index in [1.165, 1.54) is 12.8 Å². The highest BCUT2D eigenvalue weighted by Gasteiger charge is 2.40. The lowest BCUT2D eigenvalue weighted by Crippen LogP contribution is -2.46. The molecule has 0 radical (unpaired) electrons. The fourth-order valence-electron chi connectivity index (χ4n) is 4.43. The molecule has 142 valence electrons. The predicted octanol–water partition coefficient (Wildman–Crippen LogP) is 0.565. The van der Waals surface area contributed by atoms with E-state index in [0.717, 1.165) is 31.9 Å². The summed E-state index contributed by atoms with van der Waals surface area (Å²) in [5.41, 5.74) is 0. The second-order valence-corrected chi connectivity index (χ2v) is 9.63. The smallest absolute Gasteiger partial charge is 0.228 e. The second kappa shape index (κ2) is 7.61. The van der Waals surface area contributed by atoms with Gasteiger partial charge in [0.05, 0.1) is 12.2 Å². The van der Waals surface area contributed by atoms with Crippen molar-refractivity contribution in [1.29, 1.82) is 0 Å². The molecule has 0 spiro atoms. The fraction of sp³-hybridized carbons (Fsp3) is 0.882. The van der Waals surface area contributed by atoms with Crippen LogP contribution in [-0.4, -0.2) is 68.5 Å². The van der Waals surface area contributed by atoms with E-state index in [4.69, 9.17) is 0 Å². The van der Waals surface area contributed by atoms with Gasteiger partial charge >= 0.3 is 0 Å². The number of piperidine rings is 1. The predicted molar refractivity (Wildman–Crippen MR) is 94.2 cm³/mol. The number of carbonyl (C=O) groups is 2. The molecule has 3 aliphatic rings. The summed E-state index contributed by atoms with van der Waals surface area (Å²) in [5, 5.41) is 0. The summed E-state index contributed by atoms with van der Waals surface area (Å²) in [6, 6.07) is 0.332. The van der Waals surface area contributed by atoms with Crippen LogP contribution in [0.2, 0.25) is 0 Å². The van der Waals surface area contributed by atoms with E-state index in [1.54, 1.807) is 0 Å². The molecule has 7 nitrogen and oxygen atoms in total. The summed E-state index contributed by atoms with van der Waals surface area (Å²) < 4.78 is 25.1. The Morgan fingerprint density at radius 3 is 2.56 bits per heavy atom. The maximum absolute atomic E-state index is 12.9. The standard InChI is InChI=1S/C17H29N3O4S/c1-25(23,24)18-10-13-5-4-8-19(11-13)17(22)14-9-16(21)20(12-14)15-6-2-3-7-15/h13-15,18H,2-12H2,1H3. The minimum absolute atomic E-state index is 0.0675. The van der Waals surface area contributed by atoms with Crippen molar-refractivity contribution in [1.82, 2.24) is 14.5 Å². The van der Waals surface area contributed by atoms with Crippen molar-refractivity contribution in [2.24, 2.45) is 11.8 Å². The van der Waals surface area contributed by atoms with E-state index in [-0.39, 0.29) is 23.7 Å². The van der Waals surface area contributed by atoms with Crippen LogP contribution in [0.25, 0.3) is 0 Å². The highest BCUT2D eigenvalue weighted by Crippen LogP contribution is 2.31. The number of likely N-dealkylation sites (tertiary alicyclic amines) is 2. The molecule has 0 aromatic rings. The molecular formula is C17H29N3O4S. The lowest BCUT2D eigenvalue weighted by molar-refractivity contribution is -0.137. The Hall–Kier alpha value is -1.15. The first-order valence-electron chi connectivity index (χ1n) is 9.36. The highest BCUT2D eigenvalue weighted by atomic mass is 32.2. The van der Waals surface area contributed by atoms with Crippen LogP contribution in [0.4, 0.5) is 0 Å². The zero-order valence-corrected chi connectivity index (χ0v) is 15.8. The van der Waals surface area contributed by atoms with Gasteiger partial charge < -0.3 is 9.80 Å². The SMILES string of the molecule is CS(=O)(=O)NCC1CCCN(C(=O)C2CC(=O)N(C3CCCC3)C2)C1. The molecule has 8 heteroatoms. The number of hydrogen-bond donors (Lipinski definition) is 1. The molecule has 0 aromatic carbocycles. The Kier molecular flexibility index (Phi) is 5.68. The number of carbonyl (C=O) groups excluding carboxylic acids is 2. The molecule has 2 unspecified atom stereocenters. The number of rotatable bonds is 5. The first-order valence-corrected chi connectivity index (χ1v) is 11.3. The number of hydrogen-bond acceptors (Lipinski definition) is 4. The van der Waals surface area contributed by atoms with Crippen molar-refractivity contribution in [2.45, 2.75) is 51.0 Å². The zero-order valence-electron chi connectivity index (χ0n) is 14.9. The van der Waals surface area contributed by atoms with E-state index in [0.29, 0.717) is 38.6 Å². The van der Waals surface area contributed by atoms with E-state index < -0.39 is 10.0 Å². The molecule has 0 aromatic heterocycles. The largest absolute Gasteiger partial charge is 0.342 e. The minimum atomic E-state index is -3.21. The summed E-state index contributed by atoms with van der Waals surface area (Å²) in [7, 11) is -3.21. The number of nitrogens with zero attached hydrogens (tertiary/aromatic N) is 2. The van der Waals surface area contributed by atoms with Crippen molar-refractivity contribution in [3.8, 4) is 0 Å². The van der Waals surface area contributed by atoms with E-state index in [9.17, 15) is 18.0 Å². The Balaban J connectivity index is 1.54. The van der Waals surface area contributed by atoms with Crippen LogP contribution in [0, 0.1) is 11.8 Å². The van der Waals surface area contributed by atoms with Gasteiger partial charge in [0.2, 0.25) is 21.8 Å². The van der Waals surface area contributed by atoms with E-state index >= 15 is 0 Å². The van der Waals surface area contributed by atoms with Gasteiger partial charge in [-0.3, -0.25) is 9.59 Å². The molecule has 2 saturated heterocycles. The molecule has 2 aliphatic heterocycles. The molecule has 0 bridgehead atoms. The Morgan fingerprint density at radius 1 is 1.16 bits per heavy atom. The summed E-state index contributed by atoms with van der Waals surface area (Å²) in [4.78, 5) is 29.0. The van der Waals surface area contributed by atoms with Gasteiger partial charge in [-0.05, 0) is 31.6 Å². The van der Waals surface area contributed by atoms with Crippen LogP contribution < -0.4 is 4.72 Å². The Labute approximate surface area is 150 Å². The maximum atomic E-state index is 12.9. The molecule has 25 heavy (non-hydrogen) atoms. The van der Waals surface area contributed by atoms with Gasteiger partial charge in [-0.15, -0.1) is 0 Å². The van der Waals surface area contributed by atoms with Gasteiger partial charge in [-0.25, -0.2) is 13.1 Å². The highest BCUT2D eigenvalue weighted by molar-refractivity contribution is 7.88. The fourth-order valence-corrected chi connectivity index (χ4v) is 4.96. The van der Waals surface area contributed by atoms with Crippen LogP contribution in [-0.2, 0) is 19.6 Å². The second-order valence-electron chi connectivity index (χ2n) is 7.80. The lowest BCUT2D eigenvalue weighted by Gasteiger charge is -2.34. The molecular weight excluding hydrogens is 342 g/mol. The van der Waals surface area contributed by atoms with E-state index in [2.05, 4.69) is 4.72 Å². The Bertz CT molecular complexity index is 615. The number of amides is 2. The van der Waals surface area contributed by atoms with Crippen LogP contribution in [0.1, 0.15) is 44.9 Å². The molecule has 1 N–H and O–H groups in total. The van der Waals surface area contributed by atoms with Gasteiger partial charge in [0.15, 0.2) is 0 Å². The van der Waals surface area contributed by atoms with Crippen LogP contribution in [0.5, 0.6) is 0 Å². The maximum Gasteiger partial charge on any atom is 0.228 e. The molecule has 3 fully saturated rings. The Morgan fingerprint density at radius 2 is 1.88 bits per heavy atom. The summed E-state index contributed by atoms with van der Waals surface area (Å²) >= 11 is 0. The third kappa shape index (κ3) is 4.73. The van der Waals surface area contributed by atoms with Crippen molar-refractivity contribution in [3.63, 3.8) is 0 Å². The first-order chi connectivity index (χ1) is 11.8. The van der Waals surface area contributed by atoms with Crippen LogP contribution in [0.15, 0.2) is 0 Å². The third-order valence-electron chi connectivity index (χ3n) is 5.74. The number of nitrogens with one attached hydrogen (secondary N) is 1. The first kappa shape index (κ1) is 18.6. The monoisotopic (exact) mass is 371 g/mol. The topological polar surface area (TPSA) is 86.8 Å². The molecule has 3 rings (SSSR count). The van der Waals surface area contributed by atoms with Gasteiger partial charge in [-0.1, -0.05) is 12.8 Å². The minimum Gasteiger partial charge on any atom is -0.342 e. The molecule has 2 amide bonds. The number of sulfonamides is 1. The van der Waals surface area contributed by atoms with Gasteiger partial charge in [-0.2, -0.15) is 0 Å². The summed E-state index contributed by atoms with van der Waals surface area (Å²) in [6.07, 6.45) is 7.77. The summed E-state index contributed by atoms with van der Waals surface area (Å²) in [5.74, 6) is 0.112. The van der Waals surface area contributed by atoms with Crippen molar-refractivity contribution >= 4 is 21.8 Å². The van der Waals surface area contributed by atoms with Gasteiger partial charge in [0.25, 0.3) is 0 Å². The zero-order chi connectivity index (χ0) is 18.0. The third-order valence-corrected chi connectivity index (χ3v) is 6.43. The van der Waals surface area contributed by atoms with Gasteiger partial charge in [0.1, 0.15) is 0 Å². The molecule has 2 atom stereocenters. The quantitative estimate of drug-likeness (QED) is 0.765. The summed E-state index contributed by atoms with van der Waals surface area (Å²) in [6.45, 7) is 2.23. The average Bonchev–Trinajstić information content (AvgIpc) is 3.21.